The van der Waals surface area contributed by atoms with Gasteiger partial charge in [0.2, 0.25) is 0 Å². The highest BCUT2D eigenvalue weighted by Crippen LogP contribution is 2.25. The Morgan fingerprint density at radius 1 is 0.773 bits per heavy atom. The summed E-state index contributed by atoms with van der Waals surface area (Å²) in [6.07, 6.45) is 2.71. The van der Waals surface area contributed by atoms with Crippen LogP contribution in [0.15, 0.2) is 48.8 Å². The Morgan fingerprint density at radius 2 is 1.41 bits per heavy atom. The number of hydrogen-bond donors (Lipinski definition) is 0. The molecule has 0 aliphatic heterocycles. The molecule has 0 spiro atoms. The van der Waals surface area contributed by atoms with E-state index in [-0.39, 0.29) is 22.0 Å². The van der Waals surface area contributed by atoms with Gasteiger partial charge in [0.15, 0.2) is 5.82 Å². The third-order valence-corrected chi connectivity index (χ3v) is 3.30. The third kappa shape index (κ3) is 2.80. The molecule has 22 heavy (non-hydrogen) atoms. The molecular formula is C16H8ClF3N2. The lowest BCUT2D eigenvalue weighted by molar-refractivity contribution is 0.585. The molecule has 6 heteroatoms. The van der Waals surface area contributed by atoms with E-state index >= 15 is 0 Å². The molecule has 3 aromatic rings. The van der Waals surface area contributed by atoms with Gasteiger partial charge in [-0.15, -0.1) is 0 Å². The number of nitrogens with zero attached hydrogens (tertiary/aromatic N) is 2. The van der Waals surface area contributed by atoms with Crippen LogP contribution in [0.25, 0.3) is 22.5 Å². The van der Waals surface area contributed by atoms with E-state index in [1.807, 2.05) is 0 Å². The standard InChI is InChI=1S/C16H8ClF3N2/c17-10-1-3-13(14(19)5-10)16-21-7-9(8-22-16)12-4-2-11(18)6-15(12)20/h1-8H. The van der Waals surface area contributed by atoms with Crippen LogP contribution >= 0.6 is 11.6 Å². The van der Waals surface area contributed by atoms with Gasteiger partial charge in [-0.05, 0) is 30.3 Å². The third-order valence-electron chi connectivity index (χ3n) is 3.07. The van der Waals surface area contributed by atoms with Crippen molar-refractivity contribution in [2.24, 2.45) is 0 Å². The normalized spacial score (nSPS) is 10.7. The molecule has 0 fully saturated rings. The van der Waals surface area contributed by atoms with Crippen molar-refractivity contribution >= 4 is 11.6 Å². The van der Waals surface area contributed by atoms with E-state index in [1.54, 1.807) is 0 Å². The molecule has 0 saturated heterocycles. The van der Waals surface area contributed by atoms with Gasteiger partial charge in [-0.1, -0.05) is 11.6 Å². The second-order valence-corrected chi connectivity index (χ2v) is 4.98. The average molecular weight is 321 g/mol. The average Bonchev–Trinajstić information content (AvgIpc) is 2.48. The fourth-order valence-electron chi connectivity index (χ4n) is 2.00. The quantitative estimate of drug-likeness (QED) is 0.672. The minimum absolute atomic E-state index is 0.153. The highest BCUT2D eigenvalue weighted by atomic mass is 35.5. The molecule has 0 radical (unpaired) electrons. The zero-order valence-electron chi connectivity index (χ0n) is 11.0. The minimum atomic E-state index is -0.714. The first-order chi connectivity index (χ1) is 10.5. The van der Waals surface area contributed by atoms with Crippen molar-refractivity contribution in [1.29, 1.82) is 0 Å². The molecule has 0 amide bonds. The molecule has 2 aromatic carbocycles. The summed E-state index contributed by atoms with van der Waals surface area (Å²) in [6, 6.07) is 7.37. The molecule has 0 atom stereocenters. The van der Waals surface area contributed by atoms with Crippen LogP contribution in [0, 0.1) is 17.5 Å². The van der Waals surface area contributed by atoms with Crippen LogP contribution < -0.4 is 0 Å². The van der Waals surface area contributed by atoms with Crippen LogP contribution in [0.3, 0.4) is 0 Å². The maximum absolute atomic E-state index is 13.8. The highest BCUT2D eigenvalue weighted by molar-refractivity contribution is 6.30. The predicted octanol–water partition coefficient (Wildman–Crippen LogP) is 4.88. The van der Waals surface area contributed by atoms with Gasteiger partial charge in [-0.2, -0.15) is 0 Å². The summed E-state index contributed by atoms with van der Waals surface area (Å²) in [5, 5.41) is 0.270. The summed E-state index contributed by atoms with van der Waals surface area (Å²) in [7, 11) is 0. The lowest BCUT2D eigenvalue weighted by Crippen LogP contribution is -1.94. The summed E-state index contributed by atoms with van der Waals surface area (Å²) >= 11 is 5.69. The smallest absolute Gasteiger partial charge is 0.162 e. The molecule has 0 bridgehead atoms. The second-order valence-electron chi connectivity index (χ2n) is 4.54. The maximum atomic E-state index is 13.8. The van der Waals surface area contributed by atoms with Crippen LogP contribution in [-0.4, -0.2) is 9.97 Å². The molecule has 110 valence electrons. The molecule has 0 N–H and O–H groups in total. The Labute approximate surface area is 129 Å². The fourth-order valence-corrected chi connectivity index (χ4v) is 2.16. The van der Waals surface area contributed by atoms with Crippen molar-refractivity contribution in [3.05, 3.63) is 71.3 Å². The Morgan fingerprint density at radius 3 is 2.05 bits per heavy atom. The number of hydrogen-bond acceptors (Lipinski definition) is 2. The molecule has 1 aromatic heterocycles. The van der Waals surface area contributed by atoms with E-state index in [4.69, 9.17) is 11.6 Å². The number of rotatable bonds is 2. The Kier molecular flexibility index (Phi) is 3.81. The second kappa shape index (κ2) is 5.77. The lowest BCUT2D eigenvalue weighted by Gasteiger charge is -2.05. The van der Waals surface area contributed by atoms with E-state index < -0.39 is 17.5 Å². The largest absolute Gasteiger partial charge is 0.236 e. The topological polar surface area (TPSA) is 25.8 Å². The summed E-state index contributed by atoms with van der Waals surface area (Å²) in [6.45, 7) is 0. The fraction of sp³-hybridized carbons (Fsp3) is 0. The first kappa shape index (κ1) is 14.5. The molecule has 0 aliphatic rings. The zero-order valence-corrected chi connectivity index (χ0v) is 11.8. The molecule has 2 nitrogen and oxygen atoms in total. The van der Waals surface area contributed by atoms with Crippen molar-refractivity contribution < 1.29 is 13.2 Å². The SMILES string of the molecule is Fc1ccc(-c2cnc(-c3ccc(Cl)cc3F)nc2)c(F)c1. The van der Waals surface area contributed by atoms with Crippen LogP contribution in [0.4, 0.5) is 13.2 Å². The van der Waals surface area contributed by atoms with Gasteiger partial charge in [-0.3, -0.25) is 0 Å². The maximum Gasteiger partial charge on any atom is 0.162 e. The van der Waals surface area contributed by atoms with Crippen molar-refractivity contribution in [3.8, 4) is 22.5 Å². The van der Waals surface area contributed by atoms with E-state index in [1.165, 1.54) is 30.6 Å². The Bertz CT molecular complexity index is 765. The number of benzene rings is 2. The molecule has 0 aliphatic carbocycles. The van der Waals surface area contributed by atoms with Crippen molar-refractivity contribution in [3.63, 3.8) is 0 Å². The van der Waals surface area contributed by atoms with Crippen LogP contribution in [0.2, 0.25) is 5.02 Å². The zero-order chi connectivity index (χ0) is 15.7. The first-order valence-electron chi connectivity index (χ1n) is 6.27. The van der Waals surface area contributed by atoms with E-state index in [0.29, 0.717) is 5.56 Å². The van der Waals surface area contributed by atoms with Crippen LogP contribution in [-0.2, 0) is 0 Å². The summed E-state index contributed by atoms with van der Waals surface area (Å²) in [4.78, 5) is 8.05. The number of halogens is 4. The van der Waals surface area contributed by atoms with Gasteiger partial charge in [-0.25, -0.2) is 23.1 Å². The van der Waals surface area contributed by atoms with Gasteiger partial charge in [0.1, 0.15) is 17.5 Å². The van der Waals surface area contributed by atoms with Crippen molar-refractivity contribution in [1.82, 2.24) is 9.97 Å². The lowest BCUT2D eigenvalue weighted by atomic mass is 10.1. The first-order valence-corrected chi connectivity index (χ1v) is 6.65. The van der Waals surface area contributed by atoms with Crippen LogP contribution in [0.1, 0.15) is 0 Å². The van der Waals surface area contributed by atoms with Crippen molar-refractivity contribution in [2.45, 2.75) is 0 Å². The number of aromatic nitrogens is 2. The predicted molar refractivity (Wildman–Crippen MR) is 77.8 cm³/mol. The van der Waals surface area contributed by atoms with E-state index in [0.717, 1.165) is 18.2 Å². The van der Waals surface area contributed by atoms with Gasteiger partial charge in [0.25, 0.3) is 0 Å². The Hall–Kier alpha value is -2.40. The van der Waals surface area contributed by atoms with E-state index in [2.05, 4.69) is 9.97 Å². The summed E-state index contributed by atoms with van der Waals surface area (Å²) < 4.78 is 40.4. The molecule has 0 unspecified atom stereocenters. The van der Waals surface area contributed by atoms with Gasteiger partial charge in [0.05, 0.1) is 5.56 Å². The highest BCUT2D eigenvalue weighted by Gasteiger charge is 2.11. The summed E-state index contributed by atoms with van der Waals surface area (Å²) in [5.41, 5.74) is 0.732. The Balaban J connectivity index is 1.99. The van der Waals surface area contributed by atoms with Gasteiger partial charge >= 0.3 is 0 Å². The monoisotopic (exact) mass is 320 g/mol. The summed E-state index contributed by atoms with van der Waals surface area (Å²) in [5.74, 6) is -1.77. The van der Waals surface area contributed by atoms with Gasteiger partial charge in [0, 0.05) is 34.6 Å². The van der Waals surface area contributed by atoms with Crippen molar-refractivity contribution in [2.75, 3.05) is 0 Å². The minimum Gasteiger partial charge on any atom is -0.236 e. The molecule has 0 saturated carbocycles. The molecular weight excluding hydrogens is 313 g/mol. The molecule has 3 rings (SSSR count). The van der Waals surface area contributed by atoms with Crippen LogP contribution in [0.5, 0.6) is 0 Å². The molecule has 1 heterocycles. The van der Waals surface area contributed by atoms with Gasteiger partial charge < -0.3 is 0 Å². The van der Waals surface area contributed by atoms with E-state index in [9.17, 15) is 13.2 Å².